The van der Waals surface area contributed by atoms with E-state index in [1.807, 2.05) is 0 Å². The number of carbonyl (C=O) groups excluding carboxylic acids is 2. The Balaban J connectivity index is 2.05. The molecule has 2 rings (SSSR count). The van der Waals surface area contributed by atoms with Crippen molar-refractivity contribution in [2.24, 2.45) is 0 Å². The second-order valence-electron chi connectivity index (χ2n) is 4.57. The molecule has 0 saturated carbocycles. The molecule has 0 radical (unpaired) electrons. The van der Waals surface area contributed by atoms with Crippen molar-refractivity contribution in [1.82, 2.24) is 9.80 Å². The summed E-state index contributed by atoms with van der Waals surface area (Å²) in [7, 11) is 1.69. The van der Waals surface area contributed by atoms with Gasteiger partial charge in [0.05, 0.1) is 18.7 Å². The van der Waals surface area contributed by atoms with Gasteiger partial charge < -0.3 is 4.90 Å². The number of Topliss-reactive ketones (excluding diaryl/α,β-unsaturated/α-hetero) is 1. The summed E-state index contributed by atoms with van der Waals surface area (Å²) in [4.78, 5) is 26.6. The predicted molar refractivity (Wildman–Crippen MR) is 64.8 cm³/mol. The molecule has 1 aliphatic heterocycles. The summed E-state index contributed by atoms with van der Waals surface area (Å²) in [5.41, 5.74) is -0.272. The first kappa shape index (κ1) is 13.6. The number of ketones is 1. The van der Waals surface area contributed by atoms with E-state index in [4.69, 9.17) is 0 Å². The molecule has 0 aromatic heterocycles. The Morgan fingerprint density at radius 1 is 1.32 bits per heavy atom. The van der Waals surface area contributed by atoms with E-state index in [0.29, 0.717) is 13.1 Å². The molecule has 0 N–H and O–H groups in total. The van der Waals surface area contributed by atoms with Crippen LogP contribution in [0.3, 0.4) is 0 Å². The summed E-state index contributed by atoms with van der Waals surface area (Å²) in [5.74, 6) is -2.00. The topological polar surface area (TPSA) is 40.6 Å². The van der Waals surface area contributed by atoms with Crippen LogP contribution in [0.2, 0.25) is 0 Å². The zero-order valence-electron chi connectivity index (χ0n) is 10.5. The Labute approximate surface area is 109 Å². The van der Waals surface area contributed by atoms with Gasteiger partial charge >= 0.3 is 0 Å². The van der Waals surface area contributed by atoms with E-state index in [1.165, 1.54) is 0 Å². The lowest BCUT2D eigenvalue weighted by Crippen LogP contribution is -2.49. The third-order valence-electron chi connectivity index (χ3n) is 3.13. The number of hydrogen-bond acceptors (Lipinski definition) is 3. The van der Waals surface area contributed by atoms with Gasteiger partial charge in [0.25, 0.3) is 0 Å². The Kier molecular flexibility index (Phi) is 3.90. The molecule has 4 nitrogen and oxygen atoms in total. The minimum Gasteiger partial charge on any atom is -0.343 e. The van der Waals surface area contributed by atoms with Crippen LogP contribution in [0.15, 0.2) is 18.2 Å². The number of piperazine rings is 1. The lowest BCUT2D eigenvalue weighted by molar-refractivity contribution is -0.134. The largest absolute Gasteiger partial charge is 0.343 e. The first-order valence-corrected chi connectivity index (χ1v) is 5.92. The van der Waals surface area contributed by atoms with Crippen molar-refractivity contribution in [3.8, 4) is 0 Å². The van der Waals surface area contributed by atoms with Gasteiger partial charge in [-0.05, 0) is 18.2 Å². The molecule has 1 amide bonds. The fourth-order valence-electron chi connectivity index (χ4n) is 1.94. The number of carbonyl (C=O) groups is 2. The Morgan fingerprint density at radius 2 is 2.05 bits per heavy atom. The zero-order chi connectivity index (χ0) is 14.0. The van der Waals surface area contributed by atoms with E-state index in [2.05, 4.69) is 0 Å². The monoisotopic (exact) mass is 268 g/mol. The number of nitrogens with zero attached hydrogens (tertiary/aromatic N) is 2. The molecule has 19 heavy (non-hydrogen) atoms. The van der Waals surface area contributed by atoms with Crippen LogP contribution in [0.4, 0.5) is 8.78 Å². The van der Waals surface area contributed by atoms with Gasteiger partial charge in [-0.25, -0.2) is 8.78 Å². The second kappa shape index (κ2) is 5.44. The first-order chi connectivity index (χ1) is 8.97. The number of likely N-dealkylation sites (N-methyl/N-ethyl adjacent to an activating group) is 1. The maximum Gasteiger partial charge on any atom is 0.236 e. The highest BCUT2D eigenvalue weighted by molar-refractivity contribution is 5.98. The predicted octanol–water partition coefficient (Wildman–Crippen LogP) is 0.921. The molecule has 1 aliphatic rings. The van der Waals surface area contributed by atoms with Crippen molar-refractivity contribution < 1.29 is 18.4 Å². The number of halogens is 2. The van der Waals surface area contributed by atoms with Crippen molar-refractivity contribution in [2.45, 2.75) is 0 Å². The van der Waals surface area contributed by atoms with Gasteiger partial charge in [-0.15, -0.1) is 0 Å². The van der Waals surface area contributed by atoms with Gasteiger partial charge in [0, 0.05) is 20.1 Å². The minimum absolute atomic E-state index is 0.0834. The fourth-order valence-corrected chi connectivity index (χ4v) is 1.94. The van der Waals surface area contributed by atoms with Crippen LogP contribution in [-0.4, -0.2) is 54.7 Å². The number of amides is 1. The summed E-state index contributed by atoms with van der Waals surface area (Å²) >= 11 is 0. The first-order valence-electron chi connectivity index (χ1n) is 5.92. The van der Waals surface area contributed by atoms with Crippen LogP contribution in [-0.2, 0) is 4.79 Å². The van der Waals surface area contributed by atoms with Gasteiger partial charge in [-0.2, -0.15) is 0 Å². The second-order valence-corrected chi connectivity index (χ2v) is 4.57. The summed E-state index contributed by atoms with van der Waals surface area (Å²) in [6.07, 6.45) is 0. The molecule has 1 heterocycles. The molecule has 1 aromatic rings. The van der Waals surface area contributed by atoms with E-state index < -0.39 is 17.4 Å². The van der Waals surface area contributed by atoms with Gasteiger partial charge in [0.1, 0.15) is 11.6 Å². The van der Waals surface area contributed by atoms with E-state index in [1.54, 1.807) is 16.8 Å². The SMILES string of the molecule is CN1CCN(CC(=O)c2cc(F)ccc2F)CC1=O. The van der Waals surface area contributed by atoms with Crippen LogP contribution in [0.1, 0.15) is 10.4 Å². The molecule has 1 fully saturated rings. The van der Waals surface area contributed by atoms with Crippen molar-refractivity contribution >= 4 is 11.7 Å². The summed E-state index contributed by atoms with van der Waals surface area (Å²) in [6, 6.07) is 2.78. The number of benzene rings is 1. The van der Waals surface area contributed by atoms with Crippen LogP contribution in [0.5, 0.6) is 0 Å². The molecule has 6 heteroatoms. The highest BCUT2D eigenvalue weighted by Gasteiger charge is 2.24. The fraction of sp³-hybridized carbons (Fsp3) is 0.385. The maximum atomic E-state index is 13.4. The van der Waals surface area contributed by atoms with E-state index in [0.717, 1.165) is 18.2 Å². The molecular weight excluding hydrogens is 254 g/mol. The van der Waals surface area contributed by atoms with Crippen LogP contribution in [0.25, 0.3) is 0 Å². The molecule has 0 aliphatic carbocycles. The van der Waals surface area contributed by atoms with Crippen molar-refractivity contribution in [3.63, 3.8) is 0 Å². The van der Waals surface area contributed by atoms with Gasteiger partial charge in [0.15, 0.2) is 5.78 Å². The summed E-state index contributed by atoms with van der Waals surface area (Å²) in [5, 5.41) is 0. The van der Waals surface area contributed by atoms with Crippen LogP contribution in [0, 0.1) is 11.6 Å². The summed E-state index contributed by atoms with van der Waals surface area (Å²) < 4.78 is 26.4. The van der Waals surface area contributed by atoms with Crippen molar-refractivity contribution in [1.29, 1.82) is 0 Å². The molecule has 0 spiro atoms. The number of rotatable bonds is 3. The molecule has 0 bridgehead atoms. The highest BCUT2D eigenvalue weighted by atomic mass is 19.1. The molecular formula is C13H14F2N2O2. The highest BCUT2D eigenvalue weighted by Crippen LogP contribution is 2.12. The molecule has 0 unspecified atom stereocenters. The third-order valence-corrected chi connectivity index (χ3v) is 3.13. The van der Waals surface area contributed by atoms with Crippen LogP contribution < -0.4 is 0 Å². The molecule has 1 saturated heterocycles. The Hall–Kier alpha value is -1.82. The van der Waals surface area contributed by atoms with Gasteiger partial charge in [-0.1, -0.05) is 0 Å². The minimum atomic E-state index is -0.744. The number of hydrogen-bond donors (Lipinski definition) is 0. The Morgan fingerprint density at radius 3 is 2.74 bits per heavy atom. The average molecular weight is 268 g/mol. The van der Waals surface area contributed by atoms with E-state index in [-0.39, 0.29) is 24.6 Å². The van der Waals surface area contributed by atoms with E-state index >= 15 is 0 Å². The quantitative estimate of drug-likeness (QED) is 0.765. The van der Waals surface area contributed by atoms with Crippen LogP contribution >= 0.6 is 0 Å². The standard InChI is InChI=1S/C13H14F2N2O2/c1-16-4-5-17(8-13(16)19)7-12(18)10-6-9(14)2-3-11(10)15/h2-3,6H,4-5,7-8H2,1H3. The van der Waals surface area contributed by atoms with Gasteiger partial charge in [-0.3, -0.25) is 14.5 Å². The Bertz CT molecular complexity index is 519. The molecule has 102 valence electrons. The maximum absolute atomic E-state index is 13.4. The lowest BCUT2D eigenvalue weighted by Gasteiger charge is -2.31. The van der Waals surface area contributed by atoms with E-state index in [9.17, 15) is 18.4 Å². The summed E-state index contributed by atoms with van der Waals surface area (Å²) in [6.45, 7) is 1.11. The molecule has 0 atom stereocenters. The van der Waals surface area contributed by atoms with Crippen molar-refractivity contribution in [2.75, 3.05) is 33.2 Å². The third kappa shape index (κ3) is 3.14. The zero-order valence-corrected chi connectivity index (χ0v) is 10.5. The van der Waals surface area contributed by atoms with Crippen molar-refractivity contribution in [3.05, 3.63) is 35.4 Å². The smallest absolute Gasteiger partial charge is 0.236 e. The average Bonchev–Trinajstić information content (AvgIpc) is 2.36. The lowest BCUT2D eigenvalue weighted by atomic mass is 10.1. The molecule has 1 aromatic carbocycles. The normalized spacial score (nSPS) is 16.8. The van der Waals surface area contributed by atoms with Gasteiger partial charge in [0.2, 0.25) is 5.91 Å².